The fourth-order valence-corrected chi connectivity index (χ4v) is 1.93. The summed E-state index contributed by atoms with van der Waals surface area (Å²) >= 11 is 0. The molecule has 1 aromatic heterocycles. The molecule has 0 saturated carbocycles. The number of aromatic nitrogens is 2. The summed E-state index contributed by atoms with van der Waals surface area (Å²) in [6.07, 6.45) is 3.46. The molecule has 2 rings (SSSR count). The number of rotatable bonds is 3. The van der Waals surface area contributed by atoms with Crippen LogP contribution in [0.4, 0.5) is 0 Å². The standard InChI is InChI=1S/C12H19N3O/c1-3-10-7-12(15-9(2)14-10)16-11-5-4-6-13-8-11/h7,11,13H,3-6,8H2,1-2H3/t11-/m0/s1. The van der Waals surface area contributed by atoms with Crippen LogP contribution in [0.3, 0.4) is 0 Å². The SMILES string of the molecule is CCc1cc(O[C@H]2CCCNC2)nc(C)n1. The maximum absolute atomic E-state index is 5.86. The van der Waals surface area contributed by atoms with Gasteiger partial charge in [0, 0.05) is 18.3 Å². The van der Waals surface area contributed by atoms with Crippen molar-refractivity contribution in [3.8, 4) is 5.88 Å². The van der Waals surface area contributed by atoms with Crippen molar-refractivity contribution in [3.63, 3.8) is 0 Å². The van der Waals surface area contributed by atoms with Crippen LogP contribution in [0, 0.1) is 6.92 Å². The Hall–Kier alpha value is -1.16. The highest BCUT2D eigenvalue weighted by molar-refractivity contribution is 5.16. The van der Waals surface area contributed by atoms with Crippen molar-refractivity contribution in [2.24, 2.45) is 0 Å². The fraction of sp³-hybridized carbons (Fsp3) is 0.667. The third-order valence-corrected chi connectivity index (χ3v) is 2.77. The number of hydrogen-bond acceptors (Lipinski definition) is 4. The van der Waals surface area contributed by atoms with Gasteiger partial charge in [0.15, 0.2) is 0 Å². The molecular formula is C12H19N3O. The van der Waals surface area contributed by atoms with E-state index in [9.17, 15) is 0 Å². The molecule has 1 saturated heterocycles. The summed E-state index contributed by atoms with van der Waals surface area (Å²) in [5.41, 5.74) is 1.05. The van der Waals surface area contributed by atoms with Gasteiger partial charge >= 0.3 is 0 Å². The van der Waals surface area contributed by atoms with Gasteiger partial charge in [-0.2, -0.15) is 4.98 Å². The molecule has 0 aliphatic carbocycles. The van der Waals surface area contributed by atoms with E-state index in [1.165, 1.54) is 6.42 Å². The molecule has 0 aromatic carbocycles. The van der Waals surface area contributed by atoms with E-state index >= 15 is 0 Å². The Morgan fingerprint density at radius 3 is 3.06 bits per heavy atom. The van der Waals surface area contributed by atoms with E-state index in [-0.39, 0.29) is 6.10 Å². The fourth-order valence-electron chi connectivity index (χ4n) is 1.93. The highest BCUT2D eigenvalue weighted by Gasteiger charge is 2.15. The average molecular weight is 221 g/mol. The van der Waals surface area contributed by atoms with Gasteiger partial charge in [0.2, 0.25) is 5.88 Å². The highest BCUT2D eigenvalue weighted by atomic mass is 16.5. The summed E-state index contributed by atoms with van der Waals surface area (Å²) in [6, 6.07) is 1.95. The minimum atomic E-state index is 0.257. The normalized spacial score (nSPS) is 20.8. The van der Waals surface area contributed by atoms with E-state index in [2.05, 4.69) is 22.2 Å². The van der Waals surface area contributed by atoms with Gasteiger partial charge in [-0.05, 0) is 32.7 Å². The molecule has 0 unspecified atom stereocenters. The first-order valence-electron chi connectivity index (χ1n) is 6.00. The van der Waals surface area contributed by atoms with Crippen LogP contribution in [0.5, 0.6) is 5.88 Å². The van der Waals surface area contributed by atoms with Crippen LogP contribution < -0.4 is 10.1 Å². The van der Waals surface area contributed by atoms with Gasteiger partial charge in [-0.1, -0.05) is 6.92 Å². The van der Waals surface area contributed by atoms with Crippen LogP contribution in [-0.4, -0.2) is 29.2 Å². The quantitative estimate of drug-likeness (QED) is 0.839. The Kier molecular flexibility index (Phi) is 3.72. The molecule has 1 aliphatic heterocycles. The topological polar surface area (TPSA) is 47.0 Å². The van der Waals surface area contributed by atoms with Crippen LogP contribution in [0.2, 0.25) is 0 Å². The summed E-state index contributed by atoms with van der Waals surface area (Å²) in [6.45, 7) is 6.02. The Morgan fingerprint density at radius 2 is 2.38 bits per heavy atom. The maximum atomic E-state index is 5.86. The molecule has 4 heteroatoms. The van der Waals surface area contributed by atoms with Crippen LogP contribution >= 0.6 is 0 Å². The number of hydrogen-bond donors (Lipinski definition) is 1. The molecule has 1 fully saturated rings. The van der Waals surface area contributed by atoms with Crippen molar-refractivity contribution >= 4 is 0 Å². The van der Waals surface area contributed by atoms with E-state index in [0.717, 1.165) is 43.3 Å². The minimum absolute atomic E-state index is 0.257. The van der Waals surface area contributed by atoms with Gasteiger partial charge in [0.05, 0.1) is 0 Å². The second kappa shape index (κ2) is 5.25. The highest BCUT2D eigenvalue weighted by Crippen LogP contribution is 2.14. The Bertz CT molecular complexity index is 348. The molecule has 0 radical (unpaired) electrons. The third-order valence-electron chi connectivity index (χ3n) is 2.77. The van der Waals surface area contributed by atoms with Crippen molar-refractivity contribution in [2.75, 3.05) is 13.1 Å². The zero-order chi connectivity index (χ0) is 11.4. The minimum Gasteiger partial charge on any atom is -0.473 e. The van der Waals surface area contributed by atoms with Crippen LogP contribution in [-0.2, 0) is 6.42 Å². The first kappa shape index (κ1) is 11.3. The summed E-state index contributed by atoms with van der Waals surface area (Å²) in [5.74, 6) is 1.51. The number of ether oxygens (including phenoxy) is 1. The number of nitrogens with one attached hydrogen (secondary N) is 1. The molecule has 1 aromatic rings. The summed E-state index contributed by atoms with van der Waals surface area (Å²) in [5, 5.41) is 3.33. The molecule has 1 atom stereocenters. The number of nitrogens with zero attached hydrogens (tertiary/aromatic N) is 2. The smallest absolute Gasteiger partial charge is 0.217 e. The molecule has 4 nitrogen and oxygen atoms in total. The van der Waals surface area contributed by atoms with E-state index in [1.54, 1.807) is 0 Å². The summed E-state index contributed by atoms with van der Waals surface area (Å²) in [7, 11) is 0. The van der Waals surface area contributed by atoms with Gasteiger partial charge in [-0.25, -0.2) is 4.98 Å². The molecule has 0 amide bonds. The Labute approximate surface area is 96.4 Å². The lowest BCUT2D eigenvalue weighted by molar-refractivity contribution is 0.160. The predicted molar refractivity (Wildman–Crippen MR) is 62.7 cm³/mol. The zero-order valence-electron chi connectivity index (χ0n) is 9.99. The molecule has 0 spiro atoms. The van der Waals surface area contributed by atoms with E-state index in [4.69, 9.17) is 4.74 Å². The van der Waals surface area contributed by atoms with Crippen LogP contribution in [0.25, 0.3) is 0 Å². The molecule has 0 bridgehead atoms. The number of aryl methyl sites for hydroxylation is 2. The monoisotopic (exact) mass is 221 g/mol. The molecule has 2 heterocycles. The van der Waals surface area contributed by atoms with Crippen molar-refractivity contribution in [1.82, 2.24) is 15.3 Å². The second-order valence-electron chi connectivity index (χ2n) is 4.18. The molecule has 88 valence electrons. The van der Waals surface area contributed by atoms with Crippen LogP contribution in [0.1, 0.15) is 31.3 Å². The van der Waals surface area contributed by atoms with E-state index in [1.807, 2.05) is 13.0 Å². The van der Waals surface area contributed by atoms with Gasteiger partial charge in [-0.15, -0.1) is 0 Å². The Morgan fingerprint density at radius 1 is 1.50 bits per heavy atom. The number of piperidine rings is 1. The lowest BCUT2D eigenvalue weighted by atomic mass is 10.1. The lowest BCUT2D eigenvalue weighted by Crippen LogP contribution is -2.37. The van der Waals surface area contributed by atoms with Crippen molar-refractivity contribution < 1.29 is 4.74 Å². The van der Waals surface area contributed by atoms with Crippen LogP contribution in [0.15, 0.2) is 6.07 Å². The van der Waals surface area contributed by atoms with Gasteiger partial charge in [-0.3, -0.25) is 0 Å². The molecule has 16 heavy (non-hydrogen) atoms. The lowest BCUT2D eigenvalue weighted by Gasteiger charge is -2.23. The van der Waals surface area contributed by atoms with Crippen molar-refractivity contribution in [3.05, 3.63) is 17.6 Å². The first-order chi connectivity index (χ1) is 7.78. The molecule has 1 N–H and O–H groups in total. The predicted octanol–water partition coefficient (Wildman–Crippen LogP) is 1.48. The largest absolute Gasteiger partial charge is 0.473 e. The van der Waals surface area contributed by atoms with E-state index < -0.39 is 0 Å². The van der Waals surface area contributed by atoms with Gasteiger partial charge < -0.3 is 10.1 Å². The Balaban J connectivity index is 2.04. The van der Waals surface area contributed by atoms with E-state index in [0.29, 0.717) is 0 Å². The maximum Gasteiger partial charge on any atom is 0.217 e. The summed E-state index contributed by atoms with van der Waals surface area (Å²) < 4.78 is 5.86. The third kappa shape index (κ3) is 2.92. The second-order valence-corrected chi connectivity index (χ2v) is 4.18. The summed E-state index contributed by atoms with van der Waals surface area (Å²) in [4.78, 5) is 8.65. The van der Waals surface area contributed by atoms with Gasteiger partial charge in [0.1, 0.15) is 11.9 Å². The first-order valence-corrected chi connectivity index (χ1v) is 6.00. The molecule has 1 aliphatic rings. The van der Waals surface area contributed by atoms with Crippen molar-refractivity contribution in [2.45, 2.75) is 39.2 Å². The zero-order valence-corrected chi connectivity index (χ0v) is 9.99. The average Bonchev–Trinajstić information content (AvgIpc) is 2.29. The molecular weight excluding hydrogens is 202 g/mol. The van der Waals surface area contributed by atoms with Gasteiger partial charge in [0.25, 0.3) is 0 Å². The van der Waals surface area contributed by atoms with Crippen molar-refractivity contribution in [1.29, 1.82) is 0 Å².